The van der Waals surface area contributed by atoms with Gasteiger partial charge in [-0.05, 0) is 48.2 Å². The second-order valence-corrected chi connectivity index (χ2v) is 11.9. The second-order valence-electron chi connectivity index (χ2n) is 10.9. The van der Waals surface area contributed by atoms with Gasteiger partial charge in [0.15, 0.2) is 11.4 Å². The van der Waals surface area contributed by atoms with E-state index in [-0.39, 0.29) is 30.6 Å². The van der Waals surface area contributed by atoms with Crippen molar-refractivity contribution in [2.75, 3.05) is 22.1 Å². The first-order valence-electron chi connectivity index (χ1n) is 14.9. The fourth-order valence-corrected chi connectivity index (χ4v) is 5.84. The summed E-state index contributed by atoms with van der Waals surface area (Å²) in [5.41, 5.74) is 10.3. The molecule has 2 amide bonds. The molecule has 236 valence electrons. The summed E-state index contributed by atoms with van der Waals surface area (Å²) in [6.45, 7) is -0.0146. The Labute approximate surface area is 266 Å². The van der Waals surface area contributed by atoms with Crippen LogP contribution in [-0.4, -0.2) is 43.5 Å². The Kier molecular flexibility index (Phi) is 11.2. The molecule has 4 aromatic rings. The number of ether oxygens (including phenoxy) is 2. The molecule has 45 heavy (non-hydrogen) atoms. The molecular weight excluding hydrogens is 592 g/mol. The highest BCUT2D eigenvalue weighted by molar-refractivity contribution is 7.99. The van der Waals surface area contributed by atoms with Crippen LogP contribution in [-0.2, 0) is 32.7 Å². The minimum absolute atomic E-state index is 0.0146. The van der Waals surface area contributed by atoms with Gasteiger partial charge in [-0.25, -0.2) is 0 Å². The van der Waals surface area contributed by atoms with E-state index in [1.54, 1.807) is 30.2 Å². The molecule has 1 aromatic heterocycles. The lowest BCUT2D eigenvalue weighted by Gasteiger charge is -2.36. The number of benzene rings is 3. The maximum absolute atomic E-state index is 12.6. The summed E-state index contributed by atoms with van der Waals surface area (Å²) in [6.07, 6.45) is 3.20. The van der Waals surface area contributed by atoms with Gasteiger partial charge in [0, 0.05) is 43.3 Å². The highest BCUT2D eigenvalue weighted by Gasteiger charge is 2.32. The van der Waals surface area contributed by atoms with Gasteiger partial charge in [-0.1, -0.05) is 60.3 Å². The van der Waals surface area contributed by atoms with E-state index in [1.165, 1.54) is 0 Å². The topological polar surface area (TPSA) is 154 Å². The molecule has 0 spiro atoms. The summed E-state index contributed by atoms with van der Waals surface area (Å²) in [7, 11) is 1.91. The molecule has 0 bridgehead atoms. The fourth-order valence-electron chi connectivity index (χ4n) is 4.94. The number of aliphatic hydroxyl groups excluding tert-OH is 1. The molecule has 1 saturated heterocycles. The van der Waals surface area contributed by atoms with Crippen LogP contribution in [0.4, 0.5) is 17.1 Å². The van der Waals surface area contributed by atoms with E-state index in [0.717, 1.165) is 21.8 Å². The zero-order valence-corrected chi connectivity index (χ0v) is 25.9. The van der Waals surface area contributed by atoms with Crippen LogP contribution in [0.5, 0.6) is 0 Å². The monoisotopic (exact) mass is 630 g/mol. The number of aryl methyl sites for hydroxylation is 1. The molecule has 0 aliphatic carbocycles. The number of nitrogens with two attached hydrogens (primary N) is 1. The predicted molar refractivity (Wildman–Crippen MR) is 173 cm³/mol. The molecule has 1 aliphatic heterocycles. The fraction of sp³-hybridized carbons (Fsp3) is 0.333. The summed E-state index contributed by atoms with van der Waals surface area (Å²) in [5.74, 6) is 0.427. The number of nitrogens with zero attached hydrogens (tertiary/aromatic N) is 3. The molecule has 0 unspecified atom stereocenters. The number of aromatic nitrogens is 3. The Morgan fingerprint density at radius 3 is 2.31 bits per heavy atom. The molecule has 11 nitrogen and oxygen atoms in total. The van der Waals surface area contributed by atoms with Gasteiger partial charge in [0.1, 0.15) is 6.33 Å². The average molecular weight is 631 g/mol. The Morgan fingerprint density at radius 2 is 1.64 bits per heavy atom. The minimum atomic E-state index is -0.603. The number of amides is 2. The summed E-state index contributed by atoms with van der Waals surface area (Å²) in [5, 5.41) is 24.1. The largest absolute Gasteiger partial charge is 0.397 e. The third-order valence-electron chi connectivity index (χ3n) is 7.44. The summed E-state index contributed by atoms with van der Waals surface area (Å²) < 4.78 is 14.7. The van der Waals surface area contributed by atoms with Crippen molar-refractivity contribution < 1.29 is 24.2 Å². The third-order valence-corrected chi connectivity index (χ3v) is 8.61. The van der Waals surface area contributed by atoms with E-state index in [4.69, 9.17) is 15.2 Å². The van der Waals surface area contributed by atoms with E-state index < -0.39 is 6.29 Å². The number of hydrogen-bond donors (Lipinski definition) is 4. The molecule has 12 heteroatoms. The van der Waals surface area contributed by atoms with Crippen LogP contribution < -0.4 is 16.4 Å². The zero-order chi connectivity index (χ0) is 31.6. The molecule has 3 aromatic carbocycles. The molecule has 3 atom stereocenters. The summed E-state index contributed by atoms with van der Waals surface area (Å²) >= 11 is 1.58. The number of nitrogen functional groups attached to an aromatic ring is 1. The standard InChI is InChI=1S/C33H38N6O5S/c1-39-21-35-38-33(39)45-20-26-18-29(23-12-10-22(19-40)11-13-23)44-32(43-26)24-14-16-25(17-15-24)36-30(41)8-4-5-9-31(42)37-28-7-3-2-6-27(28)34/h2-3,6-7,10-17,21,26,29,32,40H,4-5,8-9,18-20,34H2,1H3,(H,36,41)(H,37,42)/t26-,29+,32+/m0/s1. The first kappa shape index (κ1) is 32.2. The van der Waals surface area contributed by atoms with Gasteiger partial charge in [-0.15, -0.1) is 10.2 Å². The van der Waals surface area contributed by atoms with Crippen molar-refractivity contribution in [3.8, 4) is 0 Å². The van der Waals surface area contributed by atoms with Crippen molar-refractivity contribution in [2.24, 2.45) is 7.05 Å². The molecule has 0 radical (unpaired) electrons. The number of nitrogens with one attached hydrogen (secondary N) is 2. The number of hydrogen-bond acceptors (Lipinski definition) is 9. The third kappa shape index (κ3) is 9.14. The van der Waals surface area contributed by atoms with Crippen LogP contribution >= 0.6 is 11.8 Å². The minimum Gasteiger partial charge on any atom is -0.397 e. The first-order valence-corrected chi connectivity index (χ1v) is 15.9. The van der Waals surface area contributed by atoms with Gasteiger partial charge in [0.05, 0.1) is 30.2 Å². The van der Waals surface area contributed by atoms with E-state index in [9.17, 15) is 14.7 Å². The number of thioether (sulfide) groups is 1. The van der Waals surface area contributed by atoms with Crippen LogP contribution in [0.15, 0.2) is 84.3 Å². The maximum atomic E-state index is 12.6. The Bertz CT molecular complexity index is 1560. The predicted octanol–water partition coefficient (Wildman–Crippen LogP) is 5.36. The second kappa shape index (κ2) is 15.7. The Hall–Kier alpha value is -4.23. The van der Waals surface area contributed by atoms with Crippen LogP contribution in [0, 0.1) is 0 Å². The van der Waals surface area contributed by atoms with Crippen molar-refractivity contribution in [3.63, 3.8) is 0 Å². The quantitative estimate of drug-likeness (QED) is 0.0868. The normalized spacial score (nSPS) is 18.0. The molecule has 2 heterocycles. The van der Waals surface area contributed by atoms with Gasteiger partial charge in [0.2, 0.25) is 11.8 Å². The number of unbranched alkanes of at least 4 members (excludes halogenated alkanes) is 1. The number of carbonyl (C=O) groups is 2. The number of aliphatic hydroxyl groups is 1. The highest BCUT2D eigenvalue weighted by atomic mass is 32.2. The molecule has 1 aliphatic rings. The van der Waals surface area contributed by atoms with E-state index in [1.807, 2.05) is 72.3 Å². The van der Waals surface area contributed by atoms with E-state index >= 15 is 0 Å². The summed E-state index contributed by atoms with van der Waals surface area (Å²) in [6, 6.07) is 22.3. The lowest BCUT2D eigenvalue weighted by molar-refractivity contribution is -0.245. The maximum Gasteiger partial charge on any atom is 0.224 e. The van der Waals surface area contributed by atoms with Gasteiger partial charge in [-0.2, -0.15) is 0 Å². The lowest BCUT2D eigenvalue weighted by Crippen LogP contribution is -2.31. The summed E-state index contributed by atoms with van der Waals surface area (Å²) in [4.78, 5) is 24.8. The number of anilines is 3. The van der Waals surface area contributed by atoms with Crippen molar-refractivity contribution in [1.82, 2.24) is 14.8 Å². The number of rotatable bonds is 13. The van der Waals surface area contributed by atoms with Crippen LogP contribution in [0.2, 0.25) is 0 Å². The molecule has 5 rings (SSSR count). The van der Waals surface area contributed by atoms with E-state index in [2.05, 4.69) is 20.8 Å². The highest BCUT2D eigenvalue weighted by Crippen LogP contribution is 2.39. The Balaban J connectivity index is 1.13. The van der Waals surface area contributed by atoms with Gasteiger partial charge in [0.25, 0.3) is 0 Å². The van der Waals surface area contributed by atoms with Gasteiger partial charge >= 0.3 is 0 Å². The first-order chi connectivity index (χ1) is 21.9. The smallest absolute Gasteiger partial charge is 0.224 e. The van der Waals surface area contributed by atoms with Crippen LogP contribution in [0.1, 0.15) is 61.2 Å². The van der Waals surface area contributed by atoms with Crippen molar-refractivity contribution >= 4 is 40.6 Å². The number of carbonyl (C=O) groups excluding carboxylic acids is 2. The van der Waals surface area contributed by atoms with Crippen molar-refractivity contribution in [3.05, 3.63) is 95.8 Å². The number of para-hydroxylation sites is 2. The SMILES string of the molecule is Cn1cnnc1SC[C@@H]1C[C@H](c2ccc(CO)cc2)O[C@H](c2ccc(NC(=O)CCCCC(=O)Nc3ccccc3N)cc2)O1. The molecule has 5 N–H and O–H groups in total. The molecular formula is C33H38N6O5S. The van der Waals surface area contributed by atoms with Crippen molar-refractivity contribution in [1.29, 1.82) is 0 Å². The Morgan fingerprint density at radius 1 is 0.956 bits per heavy atom. The van der Waals surface area contributed by atoms with Crippen LogP contribution in [0.3, 0.4) is 0 Å². The zero-order valence-electron chi connectivity index (χ0n) is 25.1. The van der Waals surface area contributed by atoms with E-state index in [0.29, 0.717) is 54.9 Å². The van der Waals surface area contributed by atoms with Gasteiger partial charge in [-0.3, -0.25) is 9.59 Å². The average Bonchev–Trinajstić information content (AvgIpc) is 3.47. The van der Waals surface area contributed by atoms with Gasteiger partial charge < -0.3 is 35.5 Å². The molecule has 0 saturated carbocycles. The van der Waals surface area contributed by atoms with Crippen molar-refractivity contribution in [2.45, 2.75) is 62.4 Å². The molecule has 1 fully saturated rings. The lowest BCUT2D eigenvalue weighted by atomic mass is 10.0. The van der Waals surface area contributed by atoms with Crippen LogP contribution in [0.25, 0.3) is 0 Å².